The maximum atomic E-state index is 11.9. The Hall–Kier alpha value is -2.26. The van der Waals surface area contributed by atoms with E-state index in [9.17, 15) is 9.59 Å². The van der Waals surface area contributed by atoms with Crippen molar-refractivity contribution in [2.45, 2.75) is 6.04 Å². The van der Waals surface area contributed by atoms with Gasteiger partial charge in [-0.05, 0) is 17.8 Å². The summed E-state index contributed by atoms with van der Waals surface area (Å²) in [6.45, 7) is 0. The maximum absolute atomic E-state index is 11.9. The molecule has 0 saturated carbocycles. The molecule has 1 atom stereocenters. The molecule has 2 aromatic rings. The largest absolute Gasteiger partial charge is 0.357 e. The van der Waals surface area contributed by atoms with Crippen LogP contribution in [-0.2, 0) is 4.79 Å². The van der Waals surface area contributed by atoms with Crippen molar-refractivity contribution in [1.29, 1.82) is 0 Å². The molecular weight excluding hydrogens is 310 g/mol. The third kappa shape index (κ3) is 4.10. The first-order valence-corrected chi connectivity index (χ1v) is 7.22. The number of carbonyl (C=O) groups excluding carboxylic acids is 2. The van der Waals surface area contributed by atoms with Gasteiger partial charge in [0.1, 0.15) is 6.04 Å². The van der Waals surface area contributed by atoms with Crippen molar-refractivity contribution < 1.29 is 9.59 Å². The monoisotopic (exact) mass is 323 g/mol. The Labute approximate surface area is 129 Å². The molecule has 1 aromatic carbocycles. The molecule has 0 aliphatic heterocycles. The number of H-pyrrole nitrogens is 1. The molecule has 1 aromatic heterocycles. The summed E-state index contributed by atoms with van der Waals surface area (Å²) in [4.78, 5) is 23.9. The van der Waals surface area contributed by atoms with E-state index in [1.165, 1.54) is 7.05 Å². The highest BCUT2D eigenvalue weighted by Crippen LogP contribution is 2.14. The number of amides is 3. The molecule has 1 unspecified atom stereocenters. The van der Waals surface area contributed by atoms with E-state index < -0.39 is 12.1 Å². The van der Waals surface area contributed by atoms with Gasteiger partial charge in [-0.1, -0.05) is 41.7 Å². The number of nitrogens with zero attached hydrogens (tertiary/aromatic N) is 1. The highest BCUT2D eigenvalue weighted by molar-refractivity contribution is 7.73. The molecule has 0 spiro atoms. The number of benzene rings is 1. The predicted molar refractivity (Wildman–Crippen MR) is 82.7 cm³/mol. The van der Waals surface area contributed by atoms with Crippen molar-refractivity contribution in [2.75, 3.05) is 12.4 Å². The lowest BCUT2D eigenvalue weighted by molar-refractivity contribution is -0.122. The third-order valence-corrected chi connectivity index (χ3v) is 3.58. The van der Waals surface area contributed by atoms with E-state index in [1.807, 2.05) is 6.07 Å². The molecular formula is C12H13N5O2S2. The molecule has 0 aliphatic rings. The van der Waals surface area contributed by atoms with Crippen molar-refractivity contribution in [3.63, 3.8) is 0 Å². The van der Waals surface area contributed by atoms with E-state index in [0.717, 1.165) is 11.3 Å². The fourth-order valence-electron chi connectivity index (χ4n) is 1.64. The van der Waals surface area contributed by atoms with Crippen LogP contribution in [0.4, 0.5) is 9.93 Å². The Morgan fingerprint density at radius 3 is 2.62 bits per heavy atom. The van der Waals surface area contributed by atoms with E-state index in [4.69, 9.17) is 12.2 Å². The van der Waals surface area contributed by atoms with Crippen LogP contribution in [0.2, 0.25) is 0 Å². The predicted octanol–water partition coefficient (Wildman–Crippen LogP) is 1.81. The van der Waals surface area contributed by atoms with E-state index in [2.05, 4.69) is 26.1 Å². The van der Waals surface area contributed by atoms with Gasteiger partial charge in [0.15, 0.2) is 3.95 Å². The SMILES string of the molecule is CNC(=O)C(NC(=O)Nc1n[nH]c(=S)s1)c1ccccc1. The van der Waals surface area contributed by atoms with Crippen molar-refractivity contribution >= 4 is 40.6 Å². The molecule has 0 fully saturated rings. The van der Waals surface area contributed by atoms with Gasteiger partial charge in [-0.25, -0.2) is 4.79 Å². The van der Waals surface area contributed by atoms with Gasteiger partial charge in [0.05, 0.1) is 0 Å². The normalized spacial score (nSPS) is 11.5. The van der Waals surface area contributed by atoms with Crippen molar-refractivity contribution in [3.05, 3.63) is 39.8 Å². The molecule has 4 N–H and O–H groups in total. The smallest absolute Gasteiger partial charge is 0.322 e. The van der Waals surface area contributed by atoms with Gasteiger partial charge in [-0.2, -0.15) is 0 Å². The molecule has 110 valence electrons. The van der Waals surface area contributed by atoms with Crippen LogP contribution in [-0.4, -0.2) is 29.2 Å². The number of hydrogen-bond acceptors (Lipinski definition) is 5. The van der Waals surface area contributed by atoms with Gasteiger partial charge < -0.3 is 10.6 Å². The zero-order valence-electron chi connectivity index (χ0n) is 11.0. The summed E-state index contributed by atoms with van der Waals surface area (Å²) in [5.41, 5.74) is 0.682. The van der Waals surface area contributed by atoms with Crippen LogP contribution in [0.5, 0.6) is 0 Å². The highest BCUT2D eigenvalue weighted by atomic mass is 32.1. The molecule has 0 bridgehead atoms. The van der Waals surface area contributed by atoms with Crippen LogP contribution in [0.25, 0.3) is 0 Å². The summed E-state index contributed by atoms with van der Waals surface area (Å²) in [6.07, 6.45) is 0. The van der Waals surface area contributed by atoms with Crippen LogP contribution >= 0.6 is 23.6 Å². The van der Waals surface area contributed by atoms with E-state index >= 15 is 0 Å². The second-order valence-corrected chi connectivity index (χ2v) is 5.64. The lowest BCUT2D eigenvalue weighted by Crippen LogP contribution is -2.41. The van der Waals surface area contributed by atoms with E-state index in [-0.39, 0.29) is 5.91 Å². The summed E-state index contributed by atoms with van der Waals surface area (Å²) in [6, 6.07) is 7.63. The number of aromatic amines is 1. The topological polar surface area (TPSA) is 98.9 Å². The number of hydrogen-bond donors (Lipinski definition) is 4. The summed E-state index contributed by atoms with van der Waals surface area (Å²) < 4.78 is 0.455. The Morgan fingerprint density at radius 1 is 1.33 bits per heavy atom. The highest BCUT2D eigenvalue weighted by Gasteiger charge is 2.21. The van der Waals surface area contributed by atoms with Crippen molar-refractivity contribution in [2.24, 2.45) is 0 Å². The zero-order valence-corrected chi connectivity index (χ0v) is 12.7. The average Bonchev–Trinajstić information content (AvgIpc) is 2.90. The summed E-state index contributed by atoms with van der Waals surface area (Å²) >= 11 is 6.00. The van der Waals surface area contributed by atoms with E-state index in [1.54, 1.807) is 24.3 Å². The maximum Gasteiger partial charge on any atom is 0.322 e. The molecule has 0 aliphatic carbocycles. The van der Waals surface area contributed by atoms with Crippen LogP contribution in [0.1, 0.15) is 11.6 Å². The molecule has 3 amide bonds. The number of likely N-dealkylation sites (N-methyl/N-ethyl adjacent to an activating group) is 1. The first-order chi connectivity index (χ1) is 10.1. The first kappa shape index (κ1) is 15.1. The van der Waals surface area contributed by atoms with Crippen LogP contribution in [0.3, 0.4) is 0 Å². The second-order valence-electron chi connectivity index (χ2n) is 3.97. The minimum atomic E-state index is -0.789. The van der Waals surface area contributed by atoms with E-state index in [0.29, 0.717) is 14.6 Å². The van der Waals surface area contributed by atoms with Gasteiger partial charge >= 0.3 is 6.03 Å². The van der Waals surface area contributed by atoms with Crippen LogP contribution in [0, 0.1) is 3.95 Å². The lowest BCUT2D eigenvalue weighted by atomic mass is 10.1. The number of urea groups is 1. The van der Waals surface area contributed by atoms with Gasteiger partial charge in [-0.15, -0.1) is 5.10 Å². The van der Waals surface area contributed by atoms with Crippen molar-refractivity contribution in [1.82, 2.24) is 20.8 Å². The Balaban J connectivity index is 2.10. The second kappa shape index (κ2) is 6.95. The fourth-order valence-corrected chi connectivity index (χ4v) is 2.42. The van der Waals surface area contributed by atoms with Gasteiger partial charge in [0.25, 0.3) is 0 Å². The van der Waals surface area contributed by atoms with Crippen molar-refractivity contribution in [3.8, 4) is 0 Å². The number of carbonyl (C=O) groups is 2. The fraction of sp³-hybridized carbons (Fsp3) is 0.167. The van der Waals surface area contributed by atoms with Gasteiger partial charge in [0.2, 0.25) is 11.0 Å². The van der Waals surface area contributed by atoms with Gasteiger partial charge in [-0.3, -0.25) is 15.2 Å². The number of nitrogens with one attached hydrogen (secondary N) is 4. The minimum absolute atomic E-state index is 0.314. The molecule has 1 heterocycles. The Bertz CT molecular complexity index is 682. The van der Waals surface area contributed by atoms with Gasteiger partial charge in [0, 0.05) is 7.05 Å². The standard InChI is InChI=1S/C12H13N5O2S2/c1-13-9(18)8(7-5-3-2-4-6-7)14-10(19)15-11-16-17-12(20)21-11/h2-6,8H,1H3,(H,13,18)(H,17,20)(H2,14,15,16,19). The average molecular weight is 323 g/mol. The first-order valence-electron chi connectivity index (χ1n) is 5.99. The number of anilines is 1. The summed E-state index contributed by atoms with van der Waals surface area (Å²) in [7, 11) is 1.51. The summed E-state index contributed by atoms with van der Waals surface area (Å²) in [5.74, 6) is -0.314. The molecule has 7 nitrogen and oxygen atoms in total. The minimum Gasteiger partial charge on any atom is -0.357 e. The number of aromatic nitrogens is 2. The Morgan fingerprint density at radius 2 is 2.05 bits per heavy atom. The molecule has 9 heteroatoms. The number of rotatable bonds is 4. The third-order valence-electron chi connectivity index (χ3n) is 2.58. The van der Waals surface area contributed by atoms with Crippen LogP contribution in [0.15, 0.2) is 30.3 Å². The molecule has 21 heavy (non-hydrogen) atoms. The lowest BCUT2D eigenvalue weighted by Gasteiger charge is -2.17. The summed E-state index contributed by atoms with van der Waals surface area (Å²) in [5, 5.41) is 14.3. The molecule has 0 saturated heterocycles. The molecule has 2 rings (SSSR count). The van der Waals surface area contributed by atoms with Crippen LogP contribution < -0.4 is 16.0 Å². The quantitative estimate of drug-likeness (QED) is 0.645. The zero-order chi connectivity index (χ0) is 15.2. The molecule has 0 radical (unpaired) electrons. The Kier molecular flexibility index (Phi) is 5.01.